The molecular weight excluding hydrogens is 286 g/mol. The highest BCUT2D eigenvalue weighted by Crippen LogP contribution is 2.34. The molecule has 3 N–H and O–H groups in total. The Balaban J connectivity index is 1.97. The van der Waals surface area contributed by atoms with Crippen molar-refractivity contribution in [3.8, 4) is 0 Å². The van der Waals surface area contributed by atoms with Gasteiger partial charge >= 0.3 is 0 Å². The van der Waals surface area contributed by atoms with Gasteiger partial charge in [0.05, 0.1) is 0 Å². The average molecular weight is 299 g/mol. The topological polar surface area (TPSA) is 85.3 Å². The SMILES string of the molecule is NNC(=O)C(Sc1nnc2ccccn12)c1ccccc1. The van der Waals surface area contributed by atoms with E-state index in [0.717, 1.165) is 11.2 Å². The van der Waals surface area contributed by atoms with E-state index >= 15 is 0 Å². The van der Waals surface area contributed by atoms with Crippen molar-refractivity contribution in [3.63, 3.8) is 0 Å². The second-order valence-corrected chi connectivity index (χ2v) is 5.40. The van der Waals surface area contributed by atoms with Crippen molar-refractivity contribution in [2.75, 3.05) is 0 Å². The molecule has 106 valence electrons. The van der Waals surface area contributed by atoms with Crippen LogP contribution in [0.25, 0.3) is 5.65 Å². The number of nitrogens with zero attached hydrogens (tertiary/aromatic N) is 3. The minimum absolute atomic E-state index is 0.279. The fraction of sp³-hybridized carbons (Fsp3) is 0.0714. The molecule has 6 nitrogen and oxygen atoms in total. The van der Waals surface area contributed by atoms with Gasteiger partial charge < -0.3 is 0 Å². The number of nitrogens with two attached hydrogens (primary N) is 1. The smallest absolute Gasteiger partial charge is 0.251 e. The zero-order chi connectivity index (χ0) is 14.7. The summed E-state index contributed by atoms with van der Waals surface area (Å²) in [5.41, 5.74) is 3.80. The second-order valence-electron chi connectivity index (χ2n) is 4.33. The summed E-state index contributed by atoms with van der Waals surface area (Å²) in [6.07, 6.45) is 1.86. The van der Waals surface area contributed by atoms with Crippen LogP contribution in [0.3, 0.4) is 0 Å². The molecule has 21 heavy (non-hydrogen) atoms. The van der Waals surface area contributed by atoms with E-state index in [9.17, 15) is 4.79 Å². The van der Waals surface area contributed by atoms with Crippen molar-refractivity contribution in [1.29, 1.82) is 0 Å². The summed E-state index contributed by atoms with van der Waals surface area (Å²) in [5, 5.41) is 8.37. The van der Waals surface area contributed by atoms with Crippen molar-refractivity contribution in [3.05, 3.63) is 60.3 Å². The van der Waals surface area contributed by atoms with Crippen LogP contribution in [-0.4, -0.2) is 20.5 Å². The average Bonchev–Trinajstić information content (AvgIpc) is 2.96. The van der Waals surface area contributed by atoms with Gasteiger partial charge in [0.25, 0.3) is 5.91 Å². The van der Waals surface area contributed by atoms with E-state index in [4.69, 9.17) is 5.84 Å². The molecule has 2 aromatic heterocycles. The maximum absolute atomic E-state index is 12.1. The second kappa shape index (κ2) is 5.94. The zero-order valence-electron chi connectivity index (χ0n) is 11.0. The standard InChI is InChI=1S/C14H13N5OS/c15-16-13(20)12(10-6-2-1-3-7-10)21-14-18-17-11-8-4-5-9-19(11)14/h1-9,12H,15H2,(H,16,20). The van der Waals surface area contributed by atoms with E-state index < -0.39 is 5.25 Å². The van der Waals surface area contributed by atoms with Crippen LogP contribution in [0, 0.1) is 0 Å². The molecule has 0 aliphatic rings. The van der Waals surface area contributed by atoms with Gasteiger partial charge in [-0.25, -0.2) is 5.84 Å². The molecule has 0 saturated carbocycles. The summed E-state index contributed by atoms with van der Waals surface area (Å²) in [5.74, 6) is 5.02. The van der Waals surface area contributed by atoms with Gasteiger partial charge in [0.2, 0.25) is 0 Å². The number of aromatic nitrogens is 3. The summed E-state index contributed by atoms with van der Waals surface area (Å²) in [6, 6.07) is 15.1. The normalized spacial score (nSPS) is 12.2. The van der Waals surface area contributed by atoms with E-state index in [2.05, 4.69) is 15.6 Å². The van der Waals surface area contributed by atoms with Crippen molar-refractivity contribution < 1.29 is 4.79 Å². The number of pyridine rings is 1. The molecule has 1 atom stereocenters. The molecule has 1 unspecified atom stereocenters. The summed E-state index contributed by atoms with van der Waals surface area (Å²) >= 11 is 1.31. The first kappa shape index (κ1) is 13.6. The number of nitrogens with one attached hydrogen (secondary N) is 1. The maximum atomic E-state index is 12.1. The van der Waals surface area contributed by atoms with Gasteiger partial charge in [-0.15, -0.1) is 10.2 Å². The van der Waals surface area contributed by atoms with Crippen LogP contribution in [-0.2, 0) is 4.79 Å². The van der Waals surface area contributed by atoms with Crippen LogP contribution < -0.4 is 11.3 Å². The lowest BCUT2D eigenvalue weighted by Gasteiger charge is -2.14. The highest BCUT2D eigenvalue weighted by molar-refractivity contribution is 8.00. The van der Waals surface area contributed by atoms with E-state index in [1.165, 1.54) is 11.8 Å². The van der Waals surface area contributed by atoms with Crippen molar-refractivity contribution >= 4 is 23.3 Å². The third-order valence-electron chi connectivity index (χ3n) is 2.99. The molecule has 2 heterocycles. The number of carbonyl (C=O) groups is 1. The number of benzene rings is 1. The molecule has 3 rings (SSSR count). The molecule has 0 aliphatic carbocycles. The summed E-state index contributed by atoms with van der Waals surface area (Å²) in [7, 11) is 0. The molecule has 0 radical (unpaired) electrons. The lowest BCUT2D eigenvalue weighted by Crippen LogP contribution is -2.33. The number of rotatable bonds is 4. The van der Waals surface area contributed by atoms with Crippen LogP contribution >= 0.6 is 11.8 Å². The van der Waals surface area contributed by atoms with Crippen LogP contribution in [0.5, 0.6) is 0 Å². The lowest BCUT2D eigenvalue weighted by molar-refractivity contribution is -0.120. The number of thioether (sulfide) groups is 1. The predicted octanol–water partition coefficient (Wildman–Crippen LogP) is 1.55. The Labute approximate surface area is 125 Å². The minimum atomic E-state index is -0.483. The number of hydrogen-bond acceptors (Lipinski definition) is 5. The van der Waals surface area contributed by atoms with E-state index in [1.54, 1.807) is 0 Å². The fourth-order valence-corrected chi connectivity index (χ4v) is 3.02. The lowest BCUT2D eigenvalue weighted by atomic mass is 10.1. The van der Waals surface area contributed by atoms with Crippen LogP contribution in [0.2, 0.25) is 0 Å². The van der Waals surface area contributed by atoms with Gasteiger partial charge in [0.15, 0.2) is 10.8 Å². The molecule has 0 bridgehead atoms. The Morgan fingerprint density at radius 3 is 2.67 bits per heavy atom. The molecule has 0 spiro atoms. The van der Waals surface area contributed by atoms with Gasteiger partial charge in [0, 0.05) is 6.20 Å². The molecule has 7 heteroatoms. The third-order valence-corrected chi connectivity index (χ3v) is 4.20. The first-order valence-electron chi connectivity index (χ1n) is 6.31. The van der Waals surface area contributed by atoms with E-state index in [0.29, 0.717) is 5.16 Å². The largest absolute Gasteiger partial charge is 0.293 e. The first-order valence-corrected chi connectivity index (χ1v) is 7.19. The number of carbonyl (C=O) groups excluding carboxylic acids is 1. The van der Waals surface area contributed by atoms with E-state index in [-0.39, 0.29) is 5.91 Å². The van der Waals surface area contributed by atoms with Gasteiger partial charge in [0.1, 0.15) is 5.25 Å². The van der Waals surface area contributed by atoms with Crippen LogP contribution in [0.1, 0.15) is 10.8 Å². The van der Waals surface area contributed by atoms with Crippen molar-refractivity contribution in [2.24, 2.45) is 5.84 Å². The monoisotopic (exact) mass is 299 g/mol. The van der Waals surface area contributed by atoms with Gasteiger partial charge in [-0.2, -0.15) is 0 Å². The summed E-state index contributed by atoms with van der Waals surface area (Å²) < 4.78 is 1.84. The summed E-state index contributed by atoms with van der Waals surface area (Å²) in [6.45, 7) is 0. The van der Waals surface area contributed by atoms with Gasteiger partial charge in [-0.1, -0.05) is 48.2 Å². The molecule has 0 fully saturated rings. The quantitative estimate of drug-likeness (QED) is 0.330. The van der Waals surface area contributed by atoms with Crippen molar-refractivity contribution in [2.45, 2.75) is 10.4 Å². The van der Waals surface area contributed by atoms with E-state index in [1.807, 2.05) is 59.1 Å². The number of hydrazine groups is 1. The Bertz CT molecular complexity index is 758. The highest BCUT2D eigenvalue weighted by atomic mass is 32.2. The Kier molecular flexibility index (Phi) is 3.85. The van der Waals surface area contributed by atoms with Crippen molar-refractivity contribution in [1.82, 2.24) is 20.0 Å². The number of amides is 1. The molecule has 1 aromatic carbocycles. The van der Waals surface area contributed by atoms with Crippen LogP contribution in [0.4, 0.5) is 0 Å². The molecule has 0 saturated heterocycles. The molecule has 1 amide bonds. The number of hydrogen-bond donors (Lipinski definition) is 2. The highest BCUT2D eigenvalue weighted by Gasteiger charge is 2.23. The summed E-state index contributed by atoms with van der Waals surface area (Å²) in [4.78, 5) is 12.1. The molecule has 3 aromatic rings. The third kappa shape index (κ3) is 2.74. The zero-order valence-corrected chi connectivity index (χ0v) is 11.8. The fourth-order valence-electron chi connectivity index (χ4n) is 1.98. The number of fused-ring (bicyclic) bond motifs is 1. The van der Waals surface area contributed by atoms with Crippen LogP contribution in [0.15, 0.2) is 59.9 Å². The maximum Gasteiger partial charge on any atom is 0.251 e. The first-order chi connectivity index (χ1) is 10.3. The van der Waals surface area contributed by atoms with Gasteiger partial charge in [-0.05, 0) is 17.7 Å². The molecule has 0 aliphatic heterocycles. The molecular formula is C14H13N5OS. The Hall–Kier alpha value is -2.38. The minimum Gasteiger partial charge on any atom is -0.293 e. The van der Waals surface area contributed by atoms with Gasteiger partial charge in [-0.3, -0.25) is 14.6 Å². The Morgan fingerprint density at radius 2 is 1.90 bits per heavy atom. The Morgan fingerprint density at radius 1 is 1.14 bits per heavy atom. The predicted molar refractivity (Wildman–Crippen MR) is 80.4 cm³/mol.